The van der Waals surface area contributed by atoms with Gasteiger partial charge < -0.3 is 15.0 Å². The fraction of sp³-hybridized carbons (Fsp3) is 0.579. The molecule has 2 N–H and O–H groups in total. The molecule has 1 aliphatic heterocycles. The summed E-state index contributed by atoms with van der Waals surface area (Å²) in [6.07, 6.45) is 0.770. The van der Waals surface area contributed by atoms with E-state index in [1.165, 1.54) is 19.2 Å². The summed E-state index contributed by atoms with van der Waals surface area (Å²) in [5.41, 5.74) is 1.11. The van der Waals surface area contributed by atoms with Gasteiger partial charge >= 0.3 is 0 Å². The molecule has 1 heterocycles. The number of carbonyl (C=O) groups excluding carboxylic acids is 2. The van der Waals surface area contributed by atoms with E-state index in [2.05, 4.69) is 10.0 Å². The molecule has 2 rings (SSSR count). The van der Waals surface area contributed by atoms with Crippen molar-refractivity contribution in [1.29, 1.82) is 0 Å². The second-order valence-electron chi connectivity index (χ2n) is 6.95. The minimum Gasteiger partial charge on any atom is -0.385 e. The van der Waals surface area contributed by atoms with Gasteiger partial charge in [-0.15, -0.1) is 0 Å². The Morgan fingerprint density at radius 2 is 1.86 bits per heavy atom. The Balaban J connectivity index is 1.92. The number of rotatable bonds is 9. The van der Waals surface area contributed by atoms with Crippen LogP contribution in [0, 0.1) is 6.92 Å². The van der Waals surface area contributed by atoms with E-state index in [1.807, 2.05) is 4.90 Å². The molecule has 29 heavy (non-hydrogen) atoms. The predicted octanol–water partition coefficient (Wildman–Crippen LogP) is -0.186. The third kappa shape index (κ3) is 6.49. The molecular formula is C19H30N4O5S. The lowest BCUT2D eigenvalue weighted by Crippen LogP contribution is -2.51. The molecule has 9 nitrogen and oxygen atoms in total. The fourth-order valence-corrected chi connectivity index (χ4v) is 3.86. The van der Waals surface area contributed by atoms with Crippen molar-refractivity contribution in [2.24, 2.45) is 0 Å². The van der Waals surface area contributed by atoms with Crippen LogP contribution in [0.15, 0.2) is 23.1 Å². The molecule has 0 atom stereocenters. The maximum atomic E-state index is 12.9. The minimum absolute atomic E-state index is 0.0401. The molecule has 0 bridgehead atoms. The highest BCUT2D eigenvalue weighted by atomic mass is 32.2. The molecule has 0 saturated carbocycles. The van der Waals surface area contributed by atoms with Crippen molar-refractivity contribution in [2.75, 3.05) is 60.0 Å². The van der Waals surface area contributed by atoms with Crippen molar-refractivity contribution in [3.05, 3.63) is 29.3 Å². The number of hydrogen-bond acceptors (Lipinski definition) is 6. The van der Waals surface area contributed by atoms with Gasteiger partial charge in [0.2, 0.25) is 15.9 Å². The maximum Gasteiger partial charge on any atom is 0.254 e. The summed E-state index contributed by atoms with van der Waals surface area (Å²) in [6.45, 7) is 5.41. The molecule has 1 aromatic rings. The van der Waals surface area contributed by atoms with Crippen LogP contribution in [-0.4, -0.2) is 90.1 Å². The summed E-state index contributed by atoms with van der Waals surface area (Å²) in [5.74, 6) is -0.235. The zero-order valence-corrected chi connectivity index (χ0v) is 18.0. The Hall–Kier alpha value is -2.01. The van der Waals surface area contributed by atoms with Crippen LogP contribution in [-0.2, 0) is 19.6 Å². The highest BCUT2D eigenvalue weighted by Gasteiger charge is 2.25. The van der Waals surface area contributed by atoms with E-state index in [0.29, 0.717) is 51.4 Å². The van der Waals surface area contributed by atoms with Gasteiger partial charge in [0.05, 0.1) is 11.4 Å². The van der Waals surface area contributed by atoms with E-state index in [9.17, 15) is 18.0 Å². The van der Waals surface area contributed by atoms with Gasteiger partial charge in [0.25, 0.3) is 5.91 Å². The second-order valence-corrected chi connectivity index (χ2v) is 8.84. The van der Waals surface area contributed by atoms with Crippen molar-refractivity contribution < 1.29 is 22.7 Å². The van der Waals surface area contributed by atoms with Crippen molar-refractivity contribution in [1.82, 2.24) is 19.8 Å². The third-order valence-corrected chi connectivity index (χ3v) is 6.30. The van der Waals surface area contributed by atoms with Gasteiger partial charge in [-0.05, 0) is 38.1 Å². The van der Waals surface area contributed by atoms with Crippen LogP contribution in [0.3, 0.4) is 0 Å². The molecule has 1 aromatic carbocycles. The van der Waals surface area contributed by atoms with E-state index in [4.69, 9.17) is 4.74 Å². The number of amides is 2. The molecular weight excluding hydrogens is 396 g/mol. The highest BCUT2D eigenvalue weighted by Crippen LogP contribution is 2.18. The normalized spacial score (nSPS) is 15.3. The Kier molecular flexibility index (Phi) is 8.57. The van der Waals surface area contributed by atoms with E-state index in [1.54, 1.807) is 25.0 Å². The lowest BCUT2D eigenvalue weighted by molar-refractivity contribution is -0.122. The monoisotopic (exact) mass is 426 g/mol. The lowest BCUT2D eigenvalue weighted by Gasteiger charge is -2.34. The molecule has 0 spiro atoms. The molecule has 0 unspecified atom stereocenters. The number of sulfonamides is 1. The minimum atomic E-state index is -3.62. The van der Waals surface area contributed by atoms with Crippen LogP contribution in [0.25, 0.3) is 0 Å². The van der Waals surface area contributed by atoms with Crippen LogP contribution in [0.2, 0.25) is 0 Å². The topological polar surface area (TPSA) is 108 Å². The standard InChI is InChI=1S/C19H30N4O5S/c1-15-5-6-16(29(26,27)20-2)13-17(15)19(25)23-10-8-22(9-11-23)14-18(24)21-7-4-12-28-3/h5-6,13,20H,4,7-12,14H2,1-3H3,(H,21,24). The third-order valence-electron chi connectivity index (χ3n) is 4.89. The number of hydrogen-bond donors (Lipinski definition) is 2. The summed E-state index contributed by atoms with van der Waals surface area (Å²) in [5, 5.41) is 2.85. The number of ether oxygens (including phenoxy) is 1. The van der Waals surface area contributed by atoms with Crippen molar-refractivity contribution in [3.63, 3.8) is 0 Å². The largest absolute Gasteiger partial charge is 0.385 e. The quantitative estimate of drug-likeness (QED) is 0.530. The highest BCUT2D eigenvalue weighted by molar-refractivity contribution is 7.89. The van der Waals surface area contributed by atoms with Crippen LogP contribution < -0.4 is 10.0 Å². The number of piperazine rings is 1. The van der Waals surface area contributed by atoms with Gasteiger partial charge in [-0.2, -0.15) is 0 Å². The van der Waals surface area contributed by atoms with Gasteiger partial charge in [0.1, 0.15) is 0 Å². The molecule has 1 saturated heterocycles. The van der Waals surface area contributed by atoms with Gasteiger partial charge in [-0.1, -0.05) is 6.07 Å². The zero-order valence-electron chi connectivity index (χ0n) is 17.2. The van der Waals surface area contributed by atoms with E-state index < -0.39 is 10.0 Å². The average molecular weight is 427 g/mol. The van der Waals surface area contributed by atoms with E-state index in [-0.39, 0.29) is 16.7 Å². The van der Waals surface area contributed by atoms with Crippen LogP contribution in [0.4, 0.5) is 0 Å². The van der Waals surface area contributed by atoms with Crippen molar-refractivity contribution >= 4 is 21.8 Å². The predicted molar refractivity (Wildman–Crippen MR) is 109 cm³/mol. The van der Waals surface area contributed by atoms with E-state index in [0.717, 1.165) is 12.0 Å². The lowest BCUT2D eigenvalue weighted by atomic mass is 10.1. The average Bonchev–Trinajstić information content (AvgIpc) is 2.71. The SMILES string of the molecule is CNS(=O)(=O)c1ccc(C)c(C(=O)N2CCN(CC(=O)NCCCOC)CC2)c1. The van der Waals surface area contributed by atoms with Crippen LogP contribution in [0.5, 0.6) is 0 Å². The molecule has 0 aliphatic carbocycles. The zero-order chi connectivity index (χ0) is 21.4. The maximum absolute atomic E-state index is 12.9. The number of methoxy groups -OCH3 is 1. The van der Waals surface area contributed by atoms with Crippen LogP contribution in [0.1, 0.15) is 22.3 Å². The summed E-state index contributed by atoms with van der Waals surface area (Å²) in [6, 6.07) is 4.55. The van der Waals surface area contributed by atoms with E-state index >= 15 is 0 Å². The molecule has 162 valence electrons. The Morgan fingerprint density at radius 3 is 2.48 bits per heavy atom. The number of carbonyl (C=O) groups is 2. The van der Waals surface area contributed by atoms with Gasteiger partial charge in [-0.3, -0.25) is 14.5 Å². The number of nitrogens with zero attached hydrogens (tertiary/aromatic N) is 2. The first-order valence-corrected chi connectivity index (χ1v) is 11.1. The summed E-state index contributed by atoms with van der Waals surface area (Å²) < 4.78 is 31.3. The first-order valence-electron chi connectivity index (χ1n) is 9.60. The molecule has 10 heteroatoms. The van der Waals surface area contributed by atoms with Gasteiger partial charge in [0, 0.05) is 52.0 Å². The number of aryl methyl sites for hydroxylation is 1. The molecule has 0 radical (unpaired) electrons. The Bertz CT molecular complexity index is 820. The van der Waals surface area contributed by atoms with Gasteiger partial charge in [-0.25, -0.2) is 13.1 Å². The molecule has 1 fully saturated rings. The Labute approximate surface area is 172 Å². The first-order chi connectivity index (χ1) is 13.8. The molecule has 1 aliphatic rings. The Morgan fingerprint density at radius 1 is 1.17 bits per heavy atom. The smallest absolute Gasteiger partial charge is 0.254 e. The van der Waals surface area contributed by atoms with Crippen molar-refractivity contribution in [3.8, 4) is 0 Å². The number of benzene rings is 1. The fourth-order valence-electron chi connectivity index (χ4n) is 3.10. The summed E-state index contributed by atoms with van der Waals surface area (Å²) in [7, 11) is -0.655. The second kappa shape index (κ2) is 10.7. The molecule has 2 amide bonds. The molecule has 0 aromatic heterocycles. The van der Waals surface area contributed by atoms with Crippen LogP contribution >= 0.6 is 0 Å². The first kappa shape index (κ1) is 23.3. The van der Waals surface area contributed by atoms with Gasteiger partial charge in [0.15, 0.2) is 0 Å². The number of nitrogens with one attached hydrogen (secondary N) is 2. The van der Waals surface area contributed by atoms with Crippen molar-refractivity contribution in [2.45, 2.75) is 18.2 Å². The summed E-state index contributed by atoms with van der Waals surface area (Å²) >= 11 is 0. The summed E-state index contributed by atoms with van der Waals surface area (Å²) in [4.78, 5) is 28.7.